The van der Waals surface area contributed by atoms with Crippen LogP contribution in [0.5, 0.6) is 0 Å². The Balaban J connectivity index is 2.68. The van der Waals surface area contributed by atoms with E-state index < -0.39 is 23.3 Å². The van der Waals surface area contributed by atoms with E-state index >= 15 is 0 Å². The van der Waals surface area contributed by atoms with Gasteiger partial charge in [-0.3, -0.25) is 4.79 Å². The first-order valence-electron chi connectivity index (χ1n) is 5.98. The SMILES string of the molecule is CC1(C(=O)O)C(Br)=CC=C(C(=O)O)C1c1ccccc1. The van der Waals surface area contributed by atoms with Crippen molar-refractivity contribution in [3.63, 3.8) is 0 Å². The molecule has 1 aromatic rings. The Bertz CT molecular complexity index is 618. The predicted molar refractivity (Wildman–Crippen MR) is 77.7 cm³/mol. The molecule has 4 nitrogen and oxygen atoms in total. The quantitative estimate of drug-likeness (QED) is 0.888. The molecule has 1 aliphatic rings. The van der Waals surface area contributed by atoms with E-state index in [2.05, 4.69) is 15.9 Å². The van der Waals surface area contributed by atoms with Gasteiger partial charge in [0.25, 0.3) is 0 Å². The first-order chi connectivity index (χ1) is 9.39. The summed E-state index contributed by atoms with van der Waals surface area (Å²) >= 11 is 3.27. The molecule has 20 heavy (non-hydrogen) atoms. The lowest BCUT2D eigenvalue weighted by molar-refractivity contribution is -0.146. The molecule has 0 saturated heterocycles. The smallest absolute Gasteiger partial charge is 0.332 e. The van der Waals surface area contributed by atoms with Crippen LogP contribution in [0.25, 0.3) is 0 Å². The van der Waals surface area contributed by atoms with E-state index in [1.165, 1.54) is 19.1 Å². The summed E-state index contributed by atoms with van der Waals surface area (Å²) in [6.07, 6.45) is 2.95. The Kier molecular flexibility index (Phi) is 3.81. The van der Waals surface area contributed by atoms with Gasteiger partial charge >= 0.3 is 11.9 Å². The van der Waals surface area contributed by atoms with E-state index in [4.69, 9.17) is 0 Å². The van der Waals surface area contributed by atoms with E-state index in [1.807, 2.05) is 0 Å². The second-order valence-electron chi connectivity index (χ2n) is 4.79. The van der Waals surface area contributed by atoms with Crippen LogP contribution in [0.4, 0.5) is 0 Å². The maximum absolute atomic E-state index is 11.7. The Hall–Kier alpha value is -1.88. The number of hydrogen-bond donors (Lipinski definition) is 2. The van der Waals surface area contributed by atoms with Crippen molar-refractivity contribution in [2.75, 3.05) is 0 Å². The predicted octanol–water partition coefficient (Wildman–Crippen LogP) is 3.16. The van der Waals surface area contributed by atoms with Crippen LogP contribution in [-0.2, 0) is 9.59 Å². The topological polar surface area (TPSA) is 74.6 Å². The summed E-state index contributed by atoms with van der Waals surface area (Å²) in [5.41, 5.74) is -0.607. The Morgan fingerprint density at radius 3 is 2.25 bits per heavy atom. The second-order valence-corrected chi connectivity index (χ2v) is 5.65. The maximum Gasteiger partial charge on any atom is 0.332 e. The molecule has 2 unspecified atom stereocenters. The summed E-state index contributed by atoms with van der Waals surface area (Å²) in [5.74, 6) is -2.93. The summed E-state index contributed by atoms with van der Waals surface area (Å²) < 4.78 is 0.455. The largest absolute Gasteiger partial charge is 0.481 e. The molecular weight excluding hydrogens is 324 g/mol. The van der Waals surface area contributed by atoms with Gasteiger partial charge in [-0.25, -0.2) is 4.79 Å². The van der Waals surface area contributed by atoms with Crippen molar-refractivity contribution < 1.29 is 19.8 Å². The van der Waals surface area contributed by atoms with Crippen LogP contribution in [0.15, 0.2) is 52.5 Å². The third-order valence-electron chi connectivity index (χ3n) is 3.62. The average Bonchev–Trinajstić information content (AvgIpc) is 2.42. The van der Waals surface area contributed by atoms with E-state index in [-0.39, 0.29) is 5.57 Å². The number of halogens is 1. The fourth-order valence-corrected chi connectivity index (χ4v) is 2.99. The van der Waals surface area contributed by atoms with Crippen molar-refractivity contribution in [2.24, 2.45) is 5.41 Å². The fourth-order valence-electron chi connectivity index (χ4n) is 2.46. The van der Waals surface area contributed by atoms with Gasteiger partial charge in [0.2, 0.25) is 0 Å². The lowest BCUT2D eigenvalue weighted by Gasteiger charge is -2.37. The van der Waals surface area contributed by atoms with Gasteiger partial charge in [0.1, 0.15) is 5.41 Å². The van der Waals surface area contributed by atoms with Crippen molar-refractivity contribution in [1.29, 1.82) is 0 Å². The van der Waals surface area contributed by atoms with Crippen molar-refractivity contribution >= 4 is 27.9 Å². The fraction of sp³-hybridized carbons (Fsp3) is 0.200. The molecule has 5 heteroatoms. The van der Waals surface area contributed by atoms with Crippen LogP contribution in [-0.4, -0.2) is 22.2 Å². The normalized spacial score (nSPS) is 25.6. The van der Waals surface area contributed by atoms with Gasteiger partial charge in [0, 0.05) is 16.0 Å². The first kappa shape index (κ1) is 14.5. The van der Waals surface area contributed by atoms with Crippen molar-refractivity contribution in [2.45, 2.75) is 12.8 Å². The minimum Gasteiger partial charge on any atom is -0.481 e. The van der Waals surface area contributed by atoms with Crippen LogP contribution in [0.3, 0.4) is 0 Å². The summed E-state index contributed by atoms with van der Waals surface area (Å²) in [6.45, 7) is 1.53. The average molecular weight is 337 g/mol. The molecule has 0 radical (unpaired) electrons. The van der Waals surface area contributed by atoms with Crippen molar-refractivity contribution in [1.82, 2.24) is 0 Å². The molecule has 0 amide bonds. The minimum absolute atomic E-state index is 0.0734. The number of carboxylic acids is 2. The number of carbonyl (C=O) groups is 2. The van der Waals surface area contributed by atoms with Gasteiger partial charge in [-0.2, -0.15) is 0 Å². The highest BCUT2D eigenvalue weighted by Crippen LogP contribution is 2.51. The third-order valence-corrected chi connectivity index (χ3v) is 4.71. The Labute approximate surface area is 124 Å². The second kappa shape index (κ2) is 5.25. The van der Waals surface area contributed by atoms with Crippen LogP contribution >= 0.6 is 15.9 Å². The molecule has 2 atom stereocenters. The van der Waals surface area contributed by atoms with Gasteiger partial charge in [0.05, 0.1) is 0 Å². The number of carboxylic acid groups (broad SMARTS) is 2. The molecule has 0 saturated carbocycles. The molecule has 2 N–H and O–H groups in total. The van der Waals surface area contributed by atoms with Crippen LogP contribution in [0, 0.1) is 5.41 Å². The lowest BCUT2D eigenvalue weighted by Crippen LogP contribution is -2.39. The summed E-state index contributed by atoms with van der Waals surface area (Å²) in [4.78, 5) is 23.2. The standard InChI is InChI=1S/C15H13BrO4/c1-15(14(19)20)11(16)8-7-10(13(17)18)12(15)9-5-3-2-4-6-9/h2-8,12H,1H3,(H,17,18)(H,19,20). The highest BCUT2D eigenvalue weighted by Gasteiger charge is 2.49. The van der Waals surface area contributed by atoms with Gasteiger partial charge in [-0.05, 0) is 12.5 Å². The monoisotopic (exact) mass is 336 g/mol. The number of hydrogen-bond acceptors (Lipinski definition) is 2. The molecule has 2 rings (SSSR count). The maximum atomic E-state index is 11.7. The van der Waals surface area contributed by atoms with E-state index in [9.17, 15) is 19.8 Å². The summed E-state index contributed by atoms with van der Waals surface area (Å²) in [6, 6.07) is 8.83. The first-order valence-corrected chi connectivity index (χ1v) is 6.77. The Morgan fingerprint density at radius 1 is 1.15 bits per heavy atom. The molecule has 1 aliphatic carbocycles. The van der Waals surface area contributed by atoms with Crippen molar-refractivity contribution in [3.8, 4) is 0 Å². The highest BCUT2D eigenvalue weighted by molar-refractivity contribution is 9.11. The zero-order chi connectivity index (χ0) is 14.9. The van der Waals surface area contributed by atoms with Gasteiger partial charge in [0.15, 0.2) is 0 Å². The molecule has 0 fully saturated rings. The molecule has 0 heterocycles. The minimum atomic E-state index is -1.34. The van der Waals surface area contributed by atoms with Gasteiger partial charge in [-0.15, -0.1) is 0 Å². The van der Waals surface area contributed by atoms with E-state index in [1.54, 1.807) is 30.3 Å². The number of benzene rings is 1. The van der Waals surface area contributed by atoms with E-state index in [0.717, 1.165) is 0 Å². The molecular formula is C15H13BrO4. The zero-order valence-electron chi connectivity index (χ0n) is 10.7. The lowest BCUT2D eigenvalue weighted by atomic mass is 9.67. The number of aliphatic carboxylic acids is 2. The molecule has 104 valence electrons. The Morgan fingerprint density at radius 2 is 1.75 bits per heavy atom. The summed E-state index contributed by atoms with van der Waals surface area (Å²) in [5, 5.41) is 19.0. The number of allylic oxidation sites excluding steroid dienone is 2. The van der Waals surface area contributed by atoms with Crippen LogP contribution in [0.1, 0.15) is 18.4 Å². The zero-order valence-corrected chi connectivity index (χ0v) is 12.3. The van der Waals surface area contributed by atoms with Crippen LogP contribution < -0.4 is 0 Å². The number of rotatable bonds is 3. The third kappa shape index (κ3) is 2.18. The highest BCUT2D eigenvalue weighted by atomic mass is 79.9. The van der Waals surface area contributed by atoms with E-state index in [0.29, 0.717) is 10.0 Å². The molecule has 0 spiro atoms. The molecule has 0 aliphatic heterocycles. The van der Waals surface area contributed by atoms with Gasteiger partial charge in [-0.1, -0.05) is 58.4 Å². The van der Waals surface area contributed by atoms with Gasteiger partial charge < -0.3 is 10.2 Å². The van der Waals surface area contributed by atoms with Crippen LogP contribution in [0.2, 0.25) is 0 Å². The summed E-state index contributed by atoms with van der Waals surface area (Å²) in [7, 11) is 0. The molecule has 0 bridgehead atoms. The van der Waals surface area contributed by atoms with Crippen molar-refractivity contribution in [3.05, 3.63) is 58.1 Å². The molecule has 1 aromatic carbocycles. The molecule has 0 aromatic heterocycles.